The minimum absolute atomic E-state index is 0. The van der Waals surface area contributed by atoms with Crippen LogP contribution in [0.5, 0.6) is 0 Å². The zero-order chi connectivity index (χ0) is 39.2. The van der Waals surface area contributed by atoms with Gasteiger partial charge in [0.15, 0.2) is 0 Å². The third-order valence-electron chi connectivity index (χ3n) is 9.37. The van der Waals surface area contributed by atoms with Crippen LogP contribution in [0.1, 0.15) is 182 Å². The molecule has 66 heavy (non-hydrogen) atoms. The zero-order valence-electron chi connectivity index (χ0n) is 39.9. The van der Waals surface area contributed by atoms with Crippen molar-refractivity contribution in [3.05, 3.63) is 44.6 Å². The predicted octanol–water partition coefficient (Wildman–Crippen LogP) is 0.632. The zero-order valence-corrected chi connectivity index (χ0v) is 53.3. The Bertz CT molecular complexity index is 1280. The van der Waals surface area contributed by atoms with E-state index in [0.717, 1.165) is 51.4 Å². The summed E-state index contributed by atoms with van der Waals surface area (Å²) in [5, 5.41) is -2.06. The molecule has 6 saturated carbocycles. The maximum absolute atomic E-state index is 10.4. The molecular weight excluding hydrogens is 1130 g/mol. The Morgan fingerprint density at radius 2 is 0.409 bits per heavy atom. The third-order valence-corrected chi connectivity index (χ3v) is 14.6. The second-order valence-corrected chi connectivity index (χ2v) is 21.2. The molecule has 0 aliphatic heterocycles. The van der Waals surface area contributed by atoms with E-state index in [-0.39, 0.29) is 205 Å². The van der Waals surface area contributed by atoms with Crippen LogP contribution < -0.4 is 88.7 Å². The first-order valence-electron chi connectivity index (χ1n) is 17.9. The van der Waals surface area contributed by atoms with Gasteiger partial charge in [-0.05, 0) is 51.4 Å². The smallest absolute Gasteiger partial charge is 0.870 e. The summed E-state index contributed by atoms with van der Waals surface area (Å²) in [6, 6.07) is 0. The summed E-state index contributed by atoms with van der Waals surface area (Å²) in [4.78, 5) is 0. The van der Waals surface area contributed by atoms with Crippen molar-refractivity contribution in [1.29, 1.82) is 0 Å². The summed E-state index contributed by atoms with van der Waals surface area (Å²) in [5.41, 5.74) is 0. The van der Waals surface area contributed by atoms with Gasteiger partial charge in [-0.1, -0.05) is 130 Å². The van der Waals surface area contributed by atoms with Gasteiger partial charge in [-0.2, -0.15) is 25.3 Å². The molecule has 6 rings (SSSR count). The normalized spacial score (nSPS) is 16.9. The standard InChI is InChI=1S/4C5H10O3S.2C5H10.2CH4.6CH3.3Fe.3Na.H2O4S.H2O/c4*6-9(7,8)5-3-1-2-4-5;2*1-2-4-5-3-1;;;;;;;;;;;;;;;1-5(2,3)4;/h4*5H,1-4H2,(H,6,7,8);2*1-5H2;2*1H4;6*1H3;;;;;;;(H2,1,2,3,4);1H2/q;;;;;;;;6*-1;3*+2;3*+1;;/p-3. The minimum Gasteiger partial charge on any atom is -0.870 e. The van der Waals surface area contributed by atoms with E-state index in [1.54, 1.807) is 0 Å². The molecule has 6 aliphatic rings. The van der Waals surface area contributed by atoms with Crippen molar-refractivity contribution in [2.24, 2.45) is 0 Å². The van der Waals surface area contributed by atoms with Crippen molar-refractivity contribution >= 4 is 50.9 Å². The van der Waals surface area contributed by atoms with Crippen LogP contribution in [0.15, 0.2) is 0 Å². The van der Waals surface area contributed by atoms with Gasteiger partial charge in [0.25, 0.3) is 20.2 Å². The van der Waals surface area contributed by atoms with Crippen LogP contribution in [0.4, 0.5) is 0 Å². The molecule has 0 aromatic carbocycles. The van der Waals surface area contributed by atoms with Gasteiger partial charge in [0.2, 0.25) is 0 Å². The maximum Gasteiger partial charge on any atom is 2.00 e. The van der Waals surface area contributed by atoms with Crippen molar-refractivity contribution < 1.29 is 215 Å². The van der Waals surface area contributed by atoms with Crippen LogP contribution in [0, 0.1) is 44.6 Å². The number of rotatable bonds is 4. The average molecular weight is 1210 g/mol. The average Bonchev–Trinajstić information content (AvgIpc) is 3.88. The fraction of sp³-hybridized carbons (Fsp3) is 0.842. The summed E-state index contributed by atoms with van der Waals surface area (Å²) in [5.74, 6) is 0. The summed E-state index contributed by atoms with van der Waals surface area (Å²) in [6.45, 7) is 0. The Kier molecular flexibility index (Phi) is 107. The van der Waals surface area contributed by atoms with E-state index >= 15 is 0 Å². The third kappa shape index (κ3) is 70.1. The summed E-state index contributed by atoms with van der Waals surface area (Å²) < 4.78 is 152. The van der Waals surface area contributed by atoms with Crippen molar-refractivity contribution in [2.45, 2.75) is 203 Å². The summed E-state index contributed by atoms with van der Waals surface area (Å²) >= 11 is 0. The van der Waals surface area contributed by atoms with Gasteiger partial charge >= 0.3 is 150 Å². The van der Waals surface area contributed by atoms with Crippen LogP contribution in [-0.4, -0.2) is 95.9 Å². The Morgan fingerprint density at radius 1 is 0.303 bits per heavy atom. The first-order valence-corrected chi connectivity index (χ1v) is 25.3. The van der Waals surface area contributed by atoms with Gasteiger partial charge in [-0.25, -0.2) is 16.8 Å². The Balaban J connectivity index is -0.0000000308. The van der Waals surface area contributed by atoms with Gasteiger partial charge in [-0.3, -0.25) is 18.2 Å². The summed E-state index contributed by atoms with van der Waals surface area (Å²) in [6.07, 6.45) is 27.2. The van der Waals surface area contributed by atoms with E-state index in [2.05, 4.69) is 0 Å². The van der Waals surface area contributed by atoms with E-state index < -0.39 is 71.9 Å². The first-order chi connectivity index (χ1) is 23.4. The van der Waals surface area contributed by atoms with Crippen molar-refractivity contribution in [2.75, 3.05) is 0 Å². The van der Waals surface area contributed by atoms with Gasteiger partial charge in [0.1, 0.15) is 0 Å². The molecule has 5 N–H and O–H groups in total. The predicted molar refractivity (Wildman–Crippen MR) is 246 cm³/mol. The second-order valence-electron chi connectivity index (χ2n) is 13.6. The molecule has 0 heterocycles. The number of hydrogen-bond acceptors (Lipinski definition) is 13. The van der Waals surface area contributed by atoms with Crippen molar-refractivity contribution in [1.82, 2.24) is 0 Å². The van der Waals surface area contributed by atoms with Crippen LogP contribution in [0.3, 0.4) is 0 Å². The molecule has 0 aromatic heterocycles. The van der Waals surface area contributed by atoms with Gasteiger partial charge < -0.3 is 59.1 Å². The molecule has 0 bridgehead atoms. The maximum atomic E-state index is 10.4. The van der Waals surface area contributed by atoms with E-state index in [0.29, 0.717) is 51.4 Å². The molecule has 0 radical (unpaired) electrons. The van der Waals surface area contributed by atoms with E-state index in [1.165, 1.54) is 64.2 Å². The molecule has 6 fully saturated rings. The topological polar surface area (TPSA) is 328 Å². The quantitative estimate of drug-likeness (QED) is 0.170. The van der Waals surface area contributed by atoms with Crippen LogP contribution in [0.2, 0.25) is 0 Å². The monoisotopic (exact) mass is 1210 g/mol. The molecule has 0 unspecified atom stereocenters. The van der Waals surface area contributed by atoms with Gasteiger partial charge in [0, 0.05) is 10.5 Å². The van der Waals surface area contributed by atoms with E-state index in [9.17, 15) is 42.8 Å². The van der Waals surface area contributed by atoms with Gasteiger partial charge in [0.05, 0.1) is 30.7 Å². The molecule has 6 aliphatic carbocycles. The summed E-state index contributed by atoms with van der Waals surface area (Å²) in [7, 11) is -20.0. The molecule has 17 nitrogen and oxygen atoms in total. The van der Waals surface area contributed by atoms with E-state index in [1.807, 2.05) is 0 Å². The fourth-order valence-electron chi connectivity index (χ4n) is 6.49. The Hall–Kier alpha value is 4.03. The van der Waals surface area contributed by atoms with Gasteiger partial charge in [-0.15, -0.1) is 0 Å². The SMILES string of the molecule is C.C.C1CCCC1.C1CCCC1.O=S(=O)(O)C1CCCC1.O=S(=O)(O)C1CCCC1.O=S(=O)(O)O.O=S(=O)([O-])C1CCCC1.O=S(=O)([O-])C1CCCC1.[CH3-].[CH3-].[CH3-].[CH3-].[CH3-].[CH3-].[Fe+2].[Fe+2].[Fe+2].[Na+].[Na+].[Na+].[OH-]. The molecule has 0 aromatic rings. The molecule has 398 valence electrons. The van der Waals surface area contributed by atoms with E-state index in [4.69, 9.17) is 26.6 Å². The van der Waals surface area contributed by atoms with Crippen LogP contribution in [0.25, 0.3) is 0 Å². The largest absolute Gasteiger partial charge is 2.00 e. The molecule has 28 heteroatoms. The minimum atomic E-state index is -4.67. The van der Waals surface area contributed by atoms with Crippen molar-refractivity contribution in [3.8, 4) is 0 Å². The Labute approximate surface area is 506 Å². The van der Waals surface area contributed by atoms with Crippen molar-refractivity contribution in [3.63, 3.8) is 0 Å². The van der Waals surface area contributed by atoms with Crippen LogP contribution in [-0.2, 0) is 102 Å². The second kappa shape index (κ2) is 61.6. The molecule has 0 spiro atoms. The van der Waals surface area contributed by atoms with Crippen LogP contribution >= 0.6 is 0 Å². The molecular formula is C38H87Fe3Na3O17S5. The molecule has 0 amide bonds. The first kappa shape index (κ1) is 114. The Morgan fingerprint density at radius 3 is 0.470 bits per heavy atom. The number of hydrogen-bond donors (Lipinski definition) is 4. The molecule has 0 atom stereocenters. The fourth-order valence-corrected chi connectivity index (χ4v) is 10.2. The molecule has 0 saturated heterocycles.